The van der Waals surface area contributed by atoms with Crippen molar-refractivity contribution in [2.75, 3.05) is 26.1 Å². The van der Waals surface area contributed by atoms with Gasteiger partial charge in [0, 0.05) is 11.8 Å². The third-order valence-electron chi connectivity index (χ3n) is 2.73. The summed E-state index contributed by atoms with van der Waals surface area (Å²) in [6.07, 6.45) is 0. The molecule has 2 aromatic carbocycles. The first kappa shape index (κ1) is 14.7. The second-order valence-corrected chi connectivity index (χ2v) is 4.29. The summed E-state index contributed by atoms with van der Waals surface area (Å²) in [5.74, 6) is 0.791. The van der Waals surface area contributed by atoms with Gasteiger partial charge in [-0.3, -0.25) is 0 Å². The molecule has 5 heteroatoms. The average Bonchev–Trinajstić information content (AvgIpc) is 2.51. The van der Waals surface area contributed by atoms with Gasteiger partial charge in [-0.2, -0.15) is 0 Å². The maximum Gasteiger partial charge on any atom is 0.338 e. The van der Waals surface area contributed by atoms with Crippen LogP contribution in [-0.4, -0.2) is 26.3 Å². The average molecular weight is 287 g/mol. The van der Waals surface area contributed by atoms with Crippen LogP contribution in [0.1, 0.15) is 10.4 Å². The molecule has 2 aromatic rings. The van der Waals surface area contributed by atoms with Crippen LogP contribution in [0.25, 0.3) is 0 Å². The molecule has 0 aliphatic heterocycles. The van der Waals surface area contributed by atoms with Crippen LogP contribution in [0.5, 0.6) is 11.5 Å². The molecule has 0 aliphatic carbocycles. The monoisotopic (exact) mass is 287 g/mol. The van der Waals surface area contributed by atoms with E-state index in [2.05, 4.69) is 0 Å². The van der Waals surface area contributed by atoms with E-state index in [1.165, 1.54) is 7.11 Å². The topological polar surface area (TPSA) is 70.8 Å². The van der Waals surface area contributed by atoms with Crippen LogP contribution >= 0.6 is 0 Å². The molecule has 0 unspecified atom stereocenters. The zero-order valence-electron chi connectivity index (χ0n) is 11.7. The standard InChI is InChI=1S/C16H17NO4/c1-19-15-10-12(9-13(17)11-15)16(18)21-8-7-20-14-5-3-2-4-6-14/h2-6,9-11H,7-8,17H2,1H3. The van der Waals surface area contributed by atoms with E-state index in [0.29, 0.717) is 17.0 Å². The fourth-order valence-electron chi connectivity index (χ4n) is 1.75. The highest BCUT2D eigenvalue weighted by Crippen LogP contribution is 2.19. The highest BCUT2D eigenvalue weighted by Gasteiger charge is 2.09. The van der Waals surface area contributed by atoms with Crippen LogP contribution in [0, 0.1) is 0 Å². The quantitative estimate of drug-likeness (QED) is 0.502. The van der Waals surface area contributed by atoms with Crippen molar-refractivity contribution in [3.05, 3.63) is 54.1 Å². The number of hydrogen-bond acceptors (Lipinski definition) is 5. The molecule has 0 radical (unpaired) electrons. The van der Waals surface area contributed by atoms with Gasteiger partial charge in [-0.25, -0.2) is 4.79 Å². The summed E-state index contributed by atoms with van der Waals surface area (Å²) in [6.45, 7) is 0.444. The van der Waals surface area contributed by atoms with E-state index in [0.717, 1.165) is 5.75 Å². The van der Waals surface area contributed by atoms with E-state index < -0.39 is 5.97 Å². The Balaban J connectivity index is 1.83. The number of para-hydroxylation sites is 1. The Hall–Kier alpha value is -2.69. The molecule has 110 valence electrons. The molecule has 0 amide bonds. The summed E-state index contributed by atoms with van der Waals surface area (Å²) < 4.78 is 15.6. The molecule has 0 bridgehead atoms. The smallest absolute Gasteiger partial charge is 0.338 e. The van der Waals surface area contributed by atoms with Gasteiger partial charge >= 0.3 is 5.97 Å². The molecule has 0 aliphatic rings. The fourth-order valence-corrected chi connectivity index (χ4v) is 1.75. The highest BCUT2D eigenvalue weighted by molar-refractivity contribution is 5.91. The van der Waals surface area contributed by atoms with Crippen molar-refractivity contribution in [2.24, 2.45) is 0 Å². The first-order chi connectivity index (χ1) is 10.2. The number of hydrogen-bond donors (Lipinski definition) is 1. The summed E-state index contributed by atoms with van der Waals surface area (Å²) in [4.78, 5) is 11.9. The number of anilines is 1. The molecule has 5 nitrogen and oxygen atoms in total. The maximum absolute atomic E-state index is 11.9. The third kappa shape index (κ3) is 4.42. The second kappa shape index (κ2) is 7.19. The van der Waals surface area contributed by atoms with Crippen molar-refractivity contribution in [3.8, 4) is 11.5 Å². The lowest BCUT2D eigenvalue weighted by Gasteiger charge is -2.08. The van der Waals surface area contributed by atoms with Gasteiger partial charge in [-0.05, 0) is 24.3 Å². The minimum absolute atomic E-state index is 0.158. The van der Waals surface area contributed by atoms with Crippen molar-refractivity contribution in [1.29, 1.82) is 0 Å². The summed E-state index contributed by atoms with van der Waals surface area (Å²) in [5.41, 5.74) is 6.49. The van der Waals surface area contributed by atoms with Crippen LogP contribution in [0.3, 0.4) is 0 Å². The lowest BCUT2D eigenvalue weighted by Crippen LogP contribution is -2.12. The normalized spacial score (nSPS) is 9.95. The first-order valence-corrected chi connectivity index (χ1v) is 6.48. The van der Waals surface area contributed by atoms with Crippen LogP contribution in [0.2, 0.25) is 0 Å². The van der Waals surface area contributed by atoms with Gasteiger partial charge in [0.05, 0.1) is 12.7 Å². The Kier molecular flexibility index (Phi) is 5.04. The largest absolute Gasteiger partial charge is 0.497 e. The second-order valence-electron chi connectivity index (χ2n) is 4.29. The summed E-state index contributed by atoms with van der Waals surface area (Å²) in [6, 6.07) is 14.1. The molecule has 0 saturated carbocycles. The Morgan fingerprint density at radius 2 is 1.81 bits per heavy atom. The number of rotatable bonds is 6. The fraction of sp³-hybridized carbons (Fsp3) is 0.188. The van der Waals surface area contributed by atoms with Gasteiger partial charge in [-0.15, -0.1) is 0 Å². The maximum atomic E-state index is 11.9. The zero-order valence-corrected chi connectivity index (χ0v) is 11.7. The number of ether oxygens (including phenoxy) is 3. The molecule has 2 rings (SSSR count). The van der Waals surface area contributed by atoms with Gasteiger partial charge < -0.3 is 19.9 Å². The Morgan fingerprint density at radius 1 is 1.05 bits per heavy atom. The molecule has 21 heavy (non-hydrogen) atoms. The van der Waals surface area contributed by atoms with Gasteiger partial charge in [0.15, 0.2) is 0 Å². The van der Waals surface area contributed by atoms with Crippen LogP contribution < -0.4 is 15.2 Å². The Labute approximate surface area is 123 Å². The molecule has 0 fully saturated rings. The molecular weight excluding hydrogens is 270 g/mol. The van der Waals surface area contributed by atoms with E-state index in [1.807, 2.05) is 30.3 Å². The van der Waals surface area contributed by atoms with Crippen LogP contribution in [-0.2, 0) is 4.74 Å². The first-order valence-electron chi connectivity index (χ1n) is 6.48. The highest BCUT2D eigenvalue weighted by atomic mass is 16.6. The van der Waals surface area contributed by atoms with Crippen molar-refractivity contribution < 1.29 is 19.0 Å². The molecular formula is C16H17NO4. The Morgan fingerprint density at radius 3 is 2.52 bits per heavy atom. The predicted molar refractivity (Wildman–Crippen MR) is 79.6 cm³/mol. The molecule has 0 aromatic heterocycles. The van der Waals surface area contributed by atoms with Gasteiger partial charge in [0.2, 0.25) is 0 Å². The van der Waals surface area contributed by atoms with Crippen molar-refractivity contribution >= 4 is 11.7 Å². The third-order valence-corrected chi connectivity index (χ3v) is 2.73. The summed E-state index contributed by atoms with van der Waals surface area (Å²) in [5, 5.41) is 0. The van der Waals surface area contributed by atoms with Gasteiger partial charge in [-0.1, -0.05) is 18.2 Å². The minimum atomic E-state index is -0.461. The summed E-state index contributed by atoms with van der Waals surface area (Å²) in [7, 11) is 1.51. The zero-order chi connectivity index (χ0) is 15.1. The van der Waals surface area contributed by atoms with Crippen LogP contribution in [0.15, 0.2) is 48.5 Å². The molecule has 0 atom stereocenters. The number of carbonyl (C=O) groups is 1. The number of nitrogens with two attached hydrogens (primary N) is 1. The molecule has 0 heterocycles. The van der Waals surface area contributed by atoms with E-state index in [1.54, 1.807) is 18.2 Å². The summed E-state index contributed by atoms with van der Waals surface area (Å²) >= 11 is 0. The lowest BCUT2D eigenvalue weighted by atomic mass is 10.2. The molecule has 0 saturated heterocycles. The number of esters is 1. The molecule has 0 spiro atoms. The van der Waals surface area contributed by atoms with Crippen LogP contribution in [0.4, 0.5) is 5.69 Å². The van der Waals surface area contributed by atoms with E-state index in [9.17, 15) is 4.79 Å². The Bertz CT molecular complexity index is 598. The number of carbonyl (C=O) groups excluding carboxylic acids is 1. The van der Waals surface area contributed by atoms with E-state index in [-0.39, 0.29) is 13.2 Å². The van der Waals surface area contributed by atoms with Crippen molar-refractivity contribution in [2.45, 2.75) is 0 Å². The van der Waals surface area contributed by atoms with E-state index in [4.69, 9.17) is 19.9 Å². The SMILES string of the molecule is COc1cc(N)cc(C(=O)OCCOc2ccccc2)c1. The molecule has 2 N–H and O–H groups in total. The predicted octanol–water partition coefficient (Wildman–Crippen LogP) is 2.51. The number of nitrogen functional groups attached to an aromatic ring is 1. The van der Waals surface area contributed by atoms with Gasteiger partial charge in [0.1, 0.15) is 24.7 Å². The number of benzene rings is 2. The lowest BCUT2D eigenvalue weighted by molar-refractivity contribution is 0.0450. The van der Waals surface area contributed by atoms with Gasteiger partial charge in [0.25, 0.3) is 0 Å². The number of methoxy groups -OCH3 is 1. The van der Waals surface area contributed by atoms with Crippen molar-refractivity contribution in [1.82, 2.24) is 0 Å². The minimum Gasteiger partial charge on any atom is -0.497 e. The van der Waals surface area contributed by atoms with Crippen molar-refractivity contribution in [3.63, 3.8) is 0 Å². The van der Waals surface area contributed by atoms with E-state index >= 15 is 0 Å².